The van der Waals surface area contributed by atoms with Crippen molar-refractivity contribution in [2.24, 2.45) is 0 Å². The topological polar surface area (TPSA) is 76.7 Å². The van der Waals surface area contributed by atoms with Gasteiger partial charge in [-0.3, -0.25) is 9.59 Å². The van der Waals surface area contributed by atoms with Crippen molar-refractivity contribution in [1.29, 1.82) is 0 Å². The number of hydrogen-bond donors (Lipinski definition) is 2. The minimum absolute atomic E-state index is 0.0449. The van der Waals surface area contributed by atoms with E-state index in [2.05, 4.69) is 10.6 Å². The van der Waals surface area contributed by atoms with Crippen LogP contribution in [0.1, 0.15) is 23.2 Å². The predicted molar refractivity (Wildman–Crippen MR) is 98.3 cm³/mol. The Morgan fingerprint density at radius 3 is 2.67 bits per heavy atom. The molecule has 2 aromatic rings. The van der Waals surface area contributed by atoms with Gasteiger partial charge in [0.15, 0.2) is 6.61 Å². The van der Waals surface area contributed by atoms with Crippen LogP contribution >= 0.6 is 0 Å². The summed E-state index contributed by atoms with van der Waals surface area (Å²) in [6, 6.07) is 12.1. The Morgan fingerprint density at radius 2 is 1.93 bits per heavy atom. The van der Waals surface area contributed by atoms with Gasteiger partial charge in [0.2, 0.25) is 0 Å². The summed E-state index contributed by atoms with van der Waals surface area (Å²) in [6.45, 7) is 0.898. The molecule has 1 fully saturated rings. The molecule has 2 N–H and O–H groups in total. The number of carbonyl (C=O) groups excluding carboxylic acids is 2. The van der Waals surface area contributed by atoms with Crippen molar-refractivity contribution in [1.82, 2.24) is 5.32 Å². The largest absolute Gasteiger partial charge is 0.483 e. The molecule has 1 saturated heterocycles. The molecule has 0 radical (unpaired) electrons. The van der Waals surface area contributed by atoms with E-state index in [4.69, 9.17) is 9.47 Å². The number of hydrogen-bond acceptors (Lipinski definition) is 4. The number of rotatable bonds is 7. The average molecular weight is 372 g/mol. The van der Waals surface area contributed by atoms with Crippen LogP contribution < -0.4 is 15.4 Å². The summed E-state index contributed by atoms with van der Waals surface area (Å²) in [5.74, 6) is -0.750. The van der Waals surface area contributed by atoms with Crippen molar-refractivity contribution < 1.29 is 23.5 Å². The standard InChI is InChI=1S/C20H21FN2O4/c21-14-7-9-15(10-8-14)23-19(24)13-27-18-6-2-1-5-17(18)20(25)22-12-16-4-3-11-26-16/h1-2,5-10,16H,3-4,11-13H2,(H,22,25)(H,23,24)/t16-/m1/s1. The highest BCUT2D eigenvalue weighted by Gasteiger charge is 2.18. The van der Waals surface area contributed by atoms with Crippen LogP contribution in [-0.2, 0) is 9.53 Å². The summed E-state index contributed by atoms with van der Waals surface area (Å²) >= 11 is 0. The molecule has 6 nitrogen and oxygen atoms in total. The summed E-state index contributed by atoms with van der Waals surface area (Å²) in [7, 11) is 0. The molecule has 0 unspecified atom stereocenters. The van der Waals surface area contributed by atoms with Crippen LogP contribution in [0.15, 0.2) is 48.5 Å². The third kappa shape index (κ3) is 5.52. The smallest absolute Gasteiger partial charge is 0.262 e. The Balaban J connectivity index is 1.54. The molecular formula is C20H21FN2O4. The van der Waals surface area contributed by atoms with Crippen LogP contribution in [0, 0.1) is 5.82 Å². The van der Waals surface area contributed by atoms with Crippen molar-refractivity contribution in [3.63, 3.8) is 0 Å². The van der Waals surface area contributed by atoms with Crippen molar-refractivity contribution in [3.05, 3.63) is 59.9 Å². The van der Waals surface area contributed by atoms with Gasteiger partial charge in [-0.1, -0.05) is 12.1 Å². The second-order valence-electron chi connectivity index (χ2n) is 6.18. The van der Waals surface area contributed by atoms with Gasteiger partial charge in [0.25, 0.3) is 11.8 Å². The number of benzene rings is 2. The van der Waals surface area contributed by atoms with Gasteiger partial charge >= 0.3 is 0 Å². The molecule has 27 heavy (non-hydrogen) atoms. The first kappa shape index (κ1) is 18.8. The number of carbonyl (C=O) groups is 2. The van der Waals surface area contributed by atoms with E-state index in [-0.39, 0.29) is 24.4 Å². The molecule has 0 aromatic heterocycles. The maximum atomic E-state index is 12.9. The molecule has 1 atom stereocenters. The molecule has 1 heterocycles. The van der Waals surface area contributed by atoms with E-state index in [1.54, 1.807) is 24.3 Å². The summed E-state index contributed by atoms with van der Waals surface area (Å²) in [5, 5.41) is 5.44. The third-order valence-corrected chi connectivity index (χ3v) is 4.13. The van der Waals surface area contributed by atoms with E-state index >= 15 is 0 Å². The average Bonchev–Trinajstić information content (AvgIpc) is 3.20. The zero-order chi connectivity index (χ0) is 19.1. The van der Waals surface area contributed by atoms with E-state index in [1.165, 1.54) is 24.3 Å². The lowest BCUT2D eigenvalue weighted by molar-refractivity contribution is -0.118. The van der Waals surface area contributed by atoms with Gasteiger partial charge in [-0.2, -0.15) is 0 Å². The first-order valence-corrected chi connectivity index (χ1v) is 8.79. The highest BCUT2D eigenvalue weighted by Crippen LogP contribution is 2.18. The van der Waals surface area contributed by atoms with E-state index in [0.717, 1.165) is 19.4 Å². The summed E-state index contributed by atoms with van der Waals surface area (Å²) in [6.07, 6.45) is 1.98. The second-order valence-corrected chi connectivity index (χ2v) is 6.18. The van der Waals surface area contributed by atoms with Crippen LogP contribution in [0.2, 0.25) is 0 Å². The fraction of sp³-hybridized carbons (Fsp3) is 0.300. The minimum atomic E-state index is -0.406. The number of amides is 2. The fourth-order valence-electron chi connectivity index (χ4n) is 2.76. The van der Waals surface area contributed by atoms with Crippen LogP contribution in [0.3, 0.4) is 0 Å². The van der Waals surface area contributed by atoms with Gasteiger partial charge in [-0.25, -0.2) is 4.39 Å². The van der Waals surface area contributed by atoms with Gasteiger partial charge in [0.05, 0.1) is 11.7 Å². The number of anilines is 1. The molecule has 2 amide bonds. The van der Waals surface area contributed by atoms with Crippen molar-refractivity contribution in [2.75, 3.05) is 25.1 Å². The van der Waals surface area contributed by atoms with E-state index < -0.39 is 5.91 Å². The van der Waals surface area contributed by atoms with Gasteiger partial charge in [-0.05, 0) is 49.2 Å². The predicted octanol–water partition coefficient (Wildman–Crippen LogP) is 2.75. The van der Waals surface area contributed by atoms with Crippen LogP contribution in [0.25, 0.3) is 0 Å². The molecule has 0 saturated carbocycles. The second kappa shape index (κ2) is 9.14. The van der Waals surface area contributed by atoms with Crippen LogP contribution in [-0.4, -0.2) is 37.7 Å². The van der Waals surface area contributed by atoms with E-state index in [9.17, 15) is 14.0 Å². The molecule has 0 bridgehead atoms. The molecule has 0 spiro atoms. The zero-order valence-electron chi connectivity index (χ0n) is 14.7. The summed E-state index contributed by atoms with van der Waals surface area (Å²) < 4.78 is 23.9. The molecule has 0 aliphatic carbocycles. The van der Waals surface area contributed by atoms with Gasteiger partial charge in [0.1, 0.15) is 11.6 Å². The molecule has 1 aliphatic rings. The number of ether oxygens (including phenoxy) is 2. The molecular weight excluding hydrogens is 351 g/mol. The van der Waals surface area contributed by atoms with Crippen molar-refractivity contribution >= 4 is 17.5 Å². The highest BCUT2D eigenvalue weighted by molar-refractivity contribution is 5.97. The van der Waals surface area contributed by atoms with Crippen LogP contribution in [0.5, 0.6) is 5.75 Å². The Morgan fingerprint density at radius 1 is 1.15 bits per heavy atom. The summed E-state index contributed by atoms with van der Waals surface area (Å²) in [4.78, 5) is 24.4. The lowest BCUT2D eigenvalue weighted by Crippen LogP contribution is -2.32. The maximum absolute atomic E-state index is 12.9. The molecule has 2 aromatic carbocycles. The molecule has 3 rings (SSSR count). The van der Waals surface area contributed by atoms with Gasteiger partial charge in [0, 0.05) is 18.8 Å². The molecule has 142 valence electrons. The summed E-state index contributed by atoms with van der Waals surface area (Å²) in [5.41, 5.74) is 0.817. The quantitative estimate of drug-likeness (QED) is 0.784. The third-order valence-electron chi connectivity index (χ3n) is 4.13. The Bertz CT molecular complexity index is 789. The lowest BCUT2D eigenvalue weighted by Gasteiger charge is -2.14. The number of nitrogens with one attached hydrogen (secondary N) is 2. The van der Waals surface area contributed by atoms with E-state index in [1.807, 2.05) is 0 Å². The first-order valence-electron chi connectivity index (χ1n) is 8.79. The Kier molecular flexibility index (Phi) is 6.38. The molecule has 1 aliphatic heterocycles. The normalized spacial score (nSPS) is 16.0. The lowest BCUT2D eigenvalue weighted by atomic mass is 10.1. The van der Waals surface area contributed by atoms with E-state index in [0.29, 0.717) is 23.5 Å². The Labute approximate surface area is 156 Å². The maximum Gasteiger partial charge on any atom is 0.262 e. The molecule has 7 heteroatoms. The fourth-order valence-corrected chi connectivity index (χ4v) is 2.76. The highest BCUT2D eigenvalue weighted by atomic mass is 19.1. The zero-order valence-corrected chi connectivity index (χ0v) is 14.7. The van der Waals surface area contributed by atoms with Crippen LogP contribution in [0.4, 0.5) is 10.1 Å². The van der Waals surface area contributed by atoms with Crippen molar-refractivity contribution in [2.45, 2.75) is 18.9 Å². The SMILES string of the molecule is O=C(COc1ccccc1C(=O)NC[C@H]1CCCO1)Nc1ccc(F)cc1. The van der Waals surface area contributed by atoms with Gasteiger partial charge < -0.3 is 20.1 Å². The number of halogens is 1. The minimum Gasteiger partial charge on any atom is -0.483 e. The first-order chi connectivity index (χ1) is 13.1. The number of para-hydroxylation sites is 1. The Hall–Kier alpha value is -2.93. The van der Waals surface area contributed by atoms with Crippen molar-refractivity contribution in [3.8, 4) is 5.75 Å². The monoisotopic (exact) mass is 372 g/mol. The van der Waals surface area contributed by atoms with Gasteiger partial charge in [-0.15, -0.1) is 0 Å².